The molecule has 0 saturated heterocycles. The number of ketones is 1. The first kappa shape index (κ1) is 17.3. The minimum absolute atomic E-state index is 0.0144. The number of hydrogen-bond acceptors (Lipinski definition) is 4. The van der Waals surface area contributed by atoms with Gasteiger partial charge in [0.25, 0.3) is 0 Å². The first-order valence-electron chi connectivity index (χ1n) is 7.41. The molecular weight excluding hydrogens is 355 g/mol. The molecule has 1 aliphatic rings. The van der Waals surface area contributed by atoms with Gasteiger partial charge in [-0.2, -0.15) is 0 Å². The summed E-state index contributed by atoms with van der Waals surface area (Å²) in [6.07, 6.45) is 2.23. The van der Waals surface area contributed by atoms with Crippen molar-refractivity contribution in [3.63, 3.8) is 0 Å². The van der Waals surface area contributed by atoms with Crippen molar-refractivity contribution in [1.82, 2.24) is 9.71 Å². The molecule has 24 heavy (non-hydrogen) atoms. The maximum atomic E-state index is 13.7. The van der Waals surface area contributed by atoms with Gasteiger partial charge in [-0.3, -0.25) is 4.79 Å². The van der Waals surface area contributed by atoms with Crippen molar-refractivity contribution in [3.05, 3.63) is 34.6 Å². The van der Waals surface area contributed by atoms with Crippen LogP contribution in [0.15, 0.2) is 23.2 Å². The van der Waals surface area contributed by atoms with Crippen molar-refractivity contribution >= 4 is 38.2 Å². The Morgan fingerprint density at radius 3 is 2.67 bits per heavy atom. The summed E-state index contributed by atoms with van der Waals surface area (Å²) in [5.74, 6) is -0.0408. The Morgan fingerprint density at radius 2 is 2.00 bits per heavy atom. The van der Waals surface area contributed by atoms with Gasteiger partial charge in [0.15, 0.2) is 5.78 Å². The van der Waals surface area contributed by atoms with Gasteiger partial charge in [-0.05, 0) is 38.0 Å². The Hall–Kier alpha value is -1.57. The van der Waals surface area contributed by atoms with Gasteiger partial charge in [0, 0.05) is 35.5 Å². The van der Waals surface area contributed by atoms with Crippen molar-refractivity contribution in [2.45, 2.75) is 37.3 Å². The Labute approximate surface area is 144 Å². The minimum atomic E-state index is -3.96. The number of aromatic nitrogens is 1. The molecule has 1 aromatic carbocycles. The van der Waals surface area contributed by atoms with Crippen LogP contribution in [-0.4, -0.2) is 31.4 Å². The molecule has 1 heterocycles. The number of nitrogens with one attached hydrogen (secondary N) is 1. The van der Waals surface area contributed by atoms with E-state index in [1.54, 1.807) is 0 Å². The van der Waals surface area contributed by atoms with Gasteiger partial charge in [0.05, 0.1) is 4.90 Å². The van der Waals surface area contributed by atoms with Crippen molar-refractivity contribution in [1.29, 1.82) is 0 Å². The van der Waals surface area contributed by atoms with Gasteiger partial charge >= 0.3 is 0 Å². The number of pyridine rings is 1. The van der Waals surface area contributed by atoms with E-state index in [9.17, 15) is 17.6 Å². The smallest absolute Gasteiger partial charge is 0.241 e. The summed E-state index contributed by atoms with van der Waals surface area (Å²) >= 11 is 5.91. The molecule has 2 aromatic rings. The molecule has 0 amide bonds. The van der Waals surface area contributed by atoms with Gasteiger partial charge in [0.2, 0.25) is 10.0 Å². The number of alkyl halides is 1. The van der Waals surface area contributed by atoms with E-state index in [0.717, 1.165) is 0 Å². The Balaban J connectivity index is 2.22. The summed E-state index contributed by atoms with van der Waals surface area (Å²) in [5, 5.41) is 0.891. The predicted octanol–water partition coefficient (Wildman–Crippen LogP) is 3.04. The third-order valence-electron chi connectivity index (χ3n) is 3.90. The molecule has 0 atom stereocenters. The summed E-state index contributed by atoms with van der Waals surface area (Å²) in [5.41, 5.74) is -0.523. The van der Waals surface area contributed by atoms with E-state index >= 15 is 0 Å². The summed E-state index contributed by atoms with van der Waals surface area (Å²) in [6, 6.07) is 2.89. The number of aryl methyl sites for hydroxylation is 1. The van der Waals surface area contributed by atoms with E-state index in [0.29, 0.717) is 34.7 Å². The minimum Gasteiger partial charge on any atom is -0.294 e. The monoisotopic (exact) mass is 370 g/mol. The van der Waals surface area contributed by atoms with Crippen LogP contribution in [0, 0.1) is 0 Å². The molecule has 1 aromatic heterocycles. The van der Waals surface area contributed by atoms with E-state index in [-0.39, 0.29) is 22.4 Å². The second kappa shape index (κ2) is 5.75. The largest absolute Gasteiger partial charge is 0.294 e. The van der Waals surface area contributed by atoms with Crippen LogP contribution in [0.5, 0.6) is 0 Å². The molecule has 0 saturated carbocycles. The second-order valence-electron chi connectivity index (χ2n) is 6.43. The molecule has 0 bridgehead atoms. The fourth-order valence-corrected chi connectivity index (χ4v) is 4.38. The third-order valence-corrected chi connectivity index (χ3v) is 5.55. The van der Waals surface area contributed by atoms with Crippen LogP contribution >= 0.6 is 11.6 Å². The number of nitrogens with zero attached hydrogens (tertiary/aromatic N) is 1. The number of rotatable bonds is 4. The van der Waals surface area contributed by atoms with Gasteiger partial charge in [-0.25, -0.2) is 22.5 Å². The molecule has 3 rings (SSSR count). The highest BCUT2D eigenvalue weighted by Gasteiger charge is 2.29. The summed E-state index contributed by atoms with van der Waals surface area (Å²) in [7, 11) is -3.96. The van der Waals surface area contributed by atoms with Crippen LogP contribution in [0.25, 0.3) is 10.8 Å². The highest BCUT2D eigenvalue weighted by molar-refractivity contribution is 7.89. The molecule has 8 heteroatoms. The standard InChI is InChI=1S/C16H16ClFN2O3S/c1-16(2,18)8-20-24(22,23)13-5-9-3-4-12(21)15(9)11-7-19-14(17)6-10(11)13/h5-7,20H,3-4,8H2,1-2H3. The van der Waals surface area contributed by atoms with Crippen LogP contribution in [-0.2, 0) is 16.4 Å². The van der Waals surface area contributed by atoms with Crippen LogP contribution < -0.4 is 4.72 Å². The highest BCUT2D eigenvalue weighted by atomic mass is 35.5. The number of sulfonamides is 1. The Kier molecular flexibility index (Phi) is 4.14. The summed E-state index contributed by atoms with van der Waals surface area (Å²) < 4.78 is 41.3. The van der Waals surface area contributed by atoms with Crippen molar-refractivity contribution in [3.8, 4) is 0 Å². The topological polar surface area (TPSA) is 76.1 Å². The molecular formula is C16H16ClFN2O3S. The molecule has 1 N–H and O–H groups in total. The SMILES string of the molecule is CC(C)(F)CNS(=O)(=O)c1cc2c(c3cnc(Cl)cc13)C(=O)CC2. The molecule has 1 aliphatic carbocycles. The third kappa shape index (κ3) is 3.16. The molecule has 0 spiro atoms. The molecule has 0 fully saturated rings. The lowest BCUT2D eigenvalue weighted by molar-refractivity contribution is 0.0996. The van der Waals surface area contributed by atoms with Crippen molar-refractivity contribution in [2.75, 3.05) is 6.54 Å². The second-order valence-corrected chi connectivity index (χ2v) is 8.55. The number of carbonyl (C=O) groups is 1. The number of Topliss-reactive ketones (excluding diaryl/α,β-unsaturated/α-hetero) is 1. The van der Waals surface area contributed by atoms with Crippen molar-refractivity contribution < 1.29 is 17.6 Å². The molecule has 0 aliphatic heterocycles. The fourth-order valence-electron chi connectivity index (χ4n) is 2.78. The van der Waals surface area contributed by atoms with E-state index < -0.39 is 15.7 Å². The predicted molar refractivity (Wildman–Crippen MR) is 89.8 cm³/mol. The van der Waals surface area contributed by atoms with Gasteiger partial charge in [-0.15, -0.1) is 0 Å². The summed E-state index contributed by atoms with van der Waals surface area (Å²) in [4.78, 5) is 16.1. The molecule has 5 nitrogen and oxygen atoms in total. The normalized spacial score (nSPS) is 15.1. The van der Waals surface area contributed by atoms with E-state index in [2.05, 4.69) is 9.71 Å². The zero-order valence-electron chi connectivity index (χ0n) is 13.2. The average molecular weight is 371 g/mol. The number of carbonyl (C=O) groups excluding carboxylic acids is 1. The quantitative estimate of drug-likeness (QED) is 0.839. The first-order chi connectivity index (χ1) is 11.1. The Bertz CT molecular complexity index is 952. The van der Waals surface area contributed by atoms with E-state index in [4.69, 9.17) is 11.6 Å². The van der Waals surface area contributed by atoms with E-state index in [1.165, 1.54) is 32.2 Å². The van der Waals surface area contributed by atoms with Crippen LogP contribution in [0.2, 0.25) is 5.15 Å². The van der Waals surface area contributed by atoms with Gasteiger partial charge in [0.1, 0.15) is 10.8 Å². The fraction of sp³-hybridized carbons (Fsp3) is 0.375. The first-order valence-corrected chi connectivity index (χ1v) is 9.27. The molecule has 128 valence electrons. The zero-order valence-corrected chi connectivity index (χ0v) is 14.8. The average Bonchev–Trinajstić information content (AvgIpc) is 2.85. The number of hydrogen-bond donors (Lipinski definition) is 1. The highest BCUT2D eigenvalue weighted by Crippen LogP contribution is 2.35. The van der Waals surface area contributed by atoms with Gasteiger partial charge < -0.3 is 0 Å². The number of fused-ring (bicyclic) bond motifs is 3. The van der Waals surface area contributed by atoms with Gasteiger partial charge in [-0.1, -0.05) is 11.6 Å². The lowest BCUT2D eigenvalue weighted by atomic mass is 10.0. The number of benzene rings is 1. The lowest BCUT2D eigenvalue weighted by Crippen LogP contribution is -2.35. The lowest BCUT2D eigenvalue weighted by Gasteiger charge is -2.17. The maximum Gasteiger partial charge on any atom is 0.241 e. The van der Waals surface area contributed by atoms with Crippen molar-refractivity contribution in [2.24, 2.45) is 0 Å². The van der Waals surface area contributed by atoms with Crippen LogP contribution in [0.3, 0.4) is 0 Å². The number of halogens is 2. The summed E-state index contributed by atoms with van der Waals surface area (Å²) in [6.45, 7) is 2.22. The Morgan fingerprint density at radius 1 is 1.29 bits per heavy atom. The van der Waals surface area contributed by atoms with Crippen LogP contribution in [0.4, 0.5) is 4.39 Å². The van der Waals surface area contributed by atoms with Crippen LogP contribution in [0.1, 0.15) is 36.2 Å². The molecule has 0 unspecified atom stereocenters. The maximum absolute atomic E-state index is 13.7. The molecule has 0 radical (unpaired) electrons. The zero-order chi connectivity index (χ0) is 17.7. The van der Waals surface area contributed by atoms with E-state index in [1.807, 2.05) is 0 Å².